The lowest BCUT2D eigenvalue weighted by atomic mass is 10.1. The van der Waals surface area contributed by atoms with Crippen LogP contribution in [0.1, 0.15) is 32.3 Å². The molecule has 1 rings (SSSR count). The Morgan fingerprint density at radius 2 is 1.85 bits per heavy atom. The minimum absolute atomic E-state index is 0.0169. The molecule has 1 amide bonds. The molecule has 0 aliphatic carbocycles. The van der Waals surface area contributed by atoms with Crippen molar-refractivity contribution >= 4 is 5.91 Å². The van der Waals surface area contributed by atoms with Gasteiger partial charge in [0.15, 0.2) is 0 Å². The van der Waals surface area contributed by atoms with E-state index in [4.69, 9.17) is 0 Å². The molecular weight excluding hydrogens is 255 g/mol. The van der Waals surface area contributed by atoms with Crippen LogP contribution in [0.15, 0.2) is 24.3 Å². The van der Waals surface area contributed by atoms with Crippen molar-refractivity contribution < 1.29 is 9.18 Å². The molecule has 0 aliphatic heterocycles. The van der Waals surface area contributed by atoms with Crippen LogP contribution in [0.25, 0.3) is 0 Å². The average molecular weight is 280 g/mol. The quantitative estimate of drug-likeness (QED) is 0.754. The fourth-order valence-corrected chi connectivity index (χ4v) is 2.20. The number of rotatable bonds is 9. The van der Waals surface area contributed by atoms with Crippen LogP contribution in [0, 0.1) is 5.82 Å². The summed E-state index contributed by atoms with van der Waals surface area (Å²) < 4.78 is 13.4. The van der Waals surface area contributed by atoms with Gasteiger partial charge in [-0.15, -0.1) is 0 Å². The second-order valence-corrected chi connectivity index (χ2v) is 4.97. The maximum atomic E-state index is 13.4. The highest BCUT2D eigenvalue weighted by Gasteiger charge is 2.09. The third-order valence-electron chi connectivity index (χ3n) is 3.12. The molecule has 0 spiro atoms. The van der Waals surface area contributed by atoms with E-state index < -0.39 is 0 Å². The van der Waals surface area contributed by atoms with E-state index >= 15 is 0 Å². The first-order valence-corrected chi connectivity index (χ1v) is 7.39. The van der Waals surface area contributed by atoms with E-state index in [1.165, 1.54) is 6.07 Å². The number of hydrogen-bond donors (Lipinski definition) is 1. The van der Waals surface area contributed by atoms with Gasteiger partial charge in [0.1, 0.15) is 5.82 Å². The van der Waals surface area contributed by atoms with Crippen molar-refractivity contribution in [3.63, 3.8) is 0 Å². The van der Waals surface area contributed by atoms with E-state index in [2.05, 4.69) is 24.1 Å². The van der Waals surface area contributed by atoms with Crippen molar-refractivity contribution in [2.24, 2.45) is 0 Å². The normalized spacial score (nSPS) is 10.8. The predicted molar refractivity (Wildman–Crippen MR) is 80.1 cm³/mol. The van der Waals surface area contributed by atoms with Gasteiger partial charge >= 0.3 is 0 Å². The van der Waals surface area contributed by atoms with Gasteiger partial charge in [0.25, 0.3) is 0 Å². The fourth-order valence-electron chi connectivity index (χ4n) is 2.20. The molecular formula is C16H25FN2O. The number of carbonyl (C=O) groups excluding carboxylic acids is 1. The summed E-state index contributed by atoms with van der Waals surface area (Å²) in [5.74, 6) is -0.191. The van der Waals surface area contributed by atoms with E-state index in [-0.39, 0.29) is 11.7 Å². The summed E-state index contributed by atoms with van der Waals surface area (Å²) >= 11 is 0. The van der Waals surface area contributed by atoms with Gasteiger partial charge in [0, 0.05) is 6.54 Å². The highest BCUT2D eigenvalue weighted by atomic mass is 19.1. The molecule has 4 heteroatoms. The molecule has 1 N–H and O–H groups in total. The molecule has 0 bridgehead atoms. The van der Waals surface area contributed by atoms with Gasteiger partial charge in [-0.25, -0.2) is 4.39 Å². The monoisotopic (exact) mass is 280 g/mol. The highest BCUT2D eigenvalue weighted by molar-refractivity contribution is 5.78. The predicted octanol–water partition coefficient (Wildman–Crippen LogP) is 2.61. The first-order chi connectivity index (χ1) is 9.67. The molecule has 1 aromatic carbocycles. The number of nitrogens with zero attached hydrogens (tertiary/aromatic N) is 1. The minimum atomic E-state index is -0.208. The lowest BCUT2D eigenvalue weighted by molar-refractivity contribution is -0.122. The summed E-state index contributed by atoms with van der Waals surface area (Å²) in [6.07, 6.45) is 2.62. The molecule has 0 aromatic heterocycles. The fraction of sp³-hybridized carbons (Fsp3) is 0.562. The second kappa shape index (κ2) is 9.48. The summed E-state index contributed by atoms with van der Waals surface area (Å²) in [6.45, 7) is 7.01. The van der Waals surface area contributed by atoms with Crippen molar-refractivity contribution in [3.8, 4) is 0 Å². The van der Waals surface area contributed by atoms with Crippen molar-refractivity contribution in [3.05, 3.63) is 35.6 Å². The second-order valence-electron chi connectivity index (χ2n) is 4.97. The molecule has 112 valence electrons. The molecule has 3 nitrogen and oxygen atoms in total. The molecule has 20 heavy (non-hydrogen) atoms. The third-order valence-corrected chi connectivity index (χ3v) is 3.12. The summed E-state index contributed by atoms with van der Waals surface area (Å²) in [5, 5.41) is 2.86. The largest absolute Gasteiger partial charge is 0.355 e. The topological polar surface area (TPSA) is 32.3 Å². The molecule has 0 saturated carbocycles. The zero-order valence-corrected chi connectivity index (χ0v) is 12.5. The zero-order valence-electron chi connectivity index (χ0n) is 12.5. The Balaban J connectivity index is 2.30. The van der Waals surface area contributed by atoms with Gasteiger partial charge in [-0.1, -0.05) is 32.0 Å². The summed E-state index contributed by atoms with van der Waals surface area (Å²) in [5.41, 5.74) is 0.645. The van der Waals surface area contributed by atoms with Crippen molar-refractivity contribution in [2.75, 3.05) is 26.2 Å². The van der Waals surface area contributed by atoms with Crippen molar-refractivity contribution in [1.29, 1.82) is 0 Å². The first kappa shape index (κ1) is 16.6. The van der Waals surface area contributed by atoms with E-state index in [1.807, 2.05) is 6.07 Å². The Labute approximate surface area is 121 Å². The Bertz CT molecular complexity index is 403. The molecule has 0 fully saturated rings. The van der Waals surface area contributed by atoms with E-state index in [9.17, 15) is 9.18 Å². The molecule has 0 atom stereocenters. The van der Waals surface area contributed by atoms with E-state index in [0.717, 1.165) is 25.9 Å². The van der Waals surface area contributed by atoms with Crippen molar-refractivity contribution in [2.45, 2.75) is 33.1 Å². The van der Waals surface area contributed by atoms with Crippen LogP contribution in [-0.2, 0) is 11.2 Å². The Morgan fingerprint density at radius 1 is 1.20 bits per heavy atom. The lowest BCUT2D eigenvalue weighted by Crippen LogP contribution is -2.38. The van der Waals surface area contributed by atoms with Gasteiger partial charge in [0.05, 0.1) is 6.54 Å². The molecule has 0 saturated heterocycles. The SMILES string of the molecule is CCCN(CCC)CC(=O)NCCc1ccccc1F. The van der Waals surface area contributed by atoms with Crippen LogP contribution in [0.3, 0.4) is 0 Å². The highest BCUT2D eigenvalue weighted by Crippen LogP contribution is 2.06. The van der Waals surface area contributed by atoms with Crippen molar-refractivity contribution in [1.82, 2.24) is 10.2 Å². The number of nitrogens with one attached hydrogen (secondary N) is 1. The van der Waals surface area contributed by atoms with Gasteiger partial charge < -0.3 is 5.32 Å². The van der Waals surface area contributed by atoms with Gasteiger partial charge in [-0.05, 0) is 44.0 Å². The molecule has 1 aromatic rings. The third kappa shape index (κ3) is 6.15. The Hall–Kier alpha value is -1.42. The zero-order chi connectivity index (χ0) is 14.8. The van der Waals surface area contributed by atoms with Gasteiger partial charge in [-0.3, -0.25) is 9.69 Å². The Morgan fingerprint density at radius 3 is 2.45 bits per heavy atom. The van der Waals surface area contributed by atoms with Gasteiger partial charge in [-0.2, -0.15) is 0 Å². The van der Waals surface area contributed by atoms with Crippen LogP contribution < -0.4 is 5.32 Å². The van der Waals surface area contributed by atoms with E-state index in [1.54, 1.807) is 12.1 Å². The number of benzene rings is 1. The maximum absolute atomic E-state index is 13.4. The summed E-state index contributed by atoms with van der Waals surface area (Å²) in [4.78, 5) is 14.0. The van der Waals surface area contributed by atoms with E-state index in [0.29, 0.717) is 25.1 Å². The summed E-state index contributed by atoms with van der Waals surface area (Å²) in [6, 6.07) is 6.68. The van der Waals surface area contributed by atoms with Crippen LogP contribution in [-0.4, -0.2) is 37.0 Å². The average Bonchev–Trinajstić information content (AvgIpc) is 2.41. The lowest BCUT2D eigenvalue weighted by Gasteiger charge is -2.20. The molecule has 0 radical (unpaired) electrons. The number of carbonyl (C=O) groups is 1. The molecule has 0 unspecified atom stereocenters. The number of halogens is 1. The Kier molecular flexibility index (Phi) is 7.88. The van der Waals surface area contributed by atoms with Crippen LogP contribution in [0.5, 0.6) is 0 Å². The number of amides is 1. The molecule has 0 aliphatic rings. The maximum Gasteiger partial charge on any atom is 0.234 e. The molecule has 0 heterocycles. The number of hydrogen-bond acceptors (Lipinski definition) is 2. The van der Waals surface area contributed by atoms with Crippen LogP contribution in [0.4, 0.5) is 4.39 Å². The first-order valence-electron chi connectivity index (χ1n) is 7.39. The standard InChI is InChI=1S/C16H25FN2O/c1-3-11-19(12-4-2)13-16(20)18-10-9-14-7-5-6-8-15(14)17/h5-8H,3-4,9-13H2,1-2H3,(H,18,20). The smallest absolute Gasteiger partial charge is 0.234 e. The van der Waals surface area contributed by atoms with Crippen LogP contribution >= 0.6 is 0 Å². The minimum Gasteiger partial charge on any atom is -0.355 e. The van der Waals surface area contributed by atoms with Crippen LogP contribution in [0.2, 0.25) is 0 Å². The van der Waals surface area contributed by atoms with Gasteiger partial charge in [0.2, 0.25) is 5.91 Å². The summed E-state index contributed by atoms with van der Waals surface area (Å²) in [7, 11) is 0.